The number of likely N-dealkylation sites (tertiary alicyclic amines) is 1. The first-order valence-electron chi connectivity index (χ1n) is 6.54. The fourth-order valence-electron chi connectivity index (χ4n) is 2.27. The maximum atomic E-state index is 12.2. The molecule has 0 spiro atoms. The van der Waals surface area contributed by atoms with Crippen molar-refractivity contribution in [2.75, 3.05) is 33.2 Å². The number of hydrogen-bond donors (Lipinski definition) is 1. The minimum absolute atomic E-state index is 0.0537. The minimum Gasteiger partial charge on any atom is -0.507 e. The average Bonchev–Trinajstić information content (AvgIpc) is 2.91. The van der Waals surface area contributed by atoms with Gasteiger partial charge >= 0.3 is 0 Å². The summed E-state index contributed by atoms with van der Waals surface area (Å²) in [6.45, 7) is 3.92. The van der Waals surface area contributed by atoms with Gasteiger partial charge in [-0.1, -0.05) is 0 Å². The van der Waals surface area contributed by atoms with Crippen molar-refractivity contribution in [3.63, 3.8) is 0 Å². The molecule has 1 aliphatic rings. The Morgan fingerprint density at radius 3 is 2.74 bits per heavy atom. The summed E-state index contributed by atoms with van der Waals surface area (Å²) in [4.78, 5) is 16.3. The summed E-state index contributed by atoms with van der Waals surface area (Å²) >= 11 is 3.21. The fourth-order valence-corrected chi connectivity index (χ4v) is 2.51. The average molecular weight is 327 g/mol. The third kappa shape index (κ3) is 3.70. The molecular formula is C14H19BrN2O2. The second kappa shape index (κ2) is 6.39. The number of halogens is 1. The van der Waals surface area contributed by atoms with Gasteiger partial charge in [-0.3, -0.25) is 4.79 Å². The molecule has 1 amide bonds. The summed E-state index contributed by atoms with van der Waals surface area (Å²) < 4.78 is 0.601. The Bertz CT molecular complexity index is 459. The van der Waals surface area contributed by atoms with E-state index < -0.39 is 0 Å². The number of hydrogen-bond acceptors (Lipinski definition) is 3. The van der Waals surface area contributed by atoms with Gasteiger partial charge in [0.25, 0.3) is 5.91 Å². The smallest absolute Gasteiger partial charge is 0.253 e. The monoisotopic (exact) mass is 326 g/mol. The van der Waals surface area contributed by atoms with Crippen molar-refractivity contribution in [1.29, 1.82) is 0 Å². The zero-order chi connectivity index (χ0) is 13.8. The lowest BCUT2D eigenvalue weighted by atomic mass is 10.2. The maximum Gasteiger partial charge on any atom is 0.253 e. The van der Waals surface area contributed by atoms with Gasteiger partial charge in [-0.25, -0.2) is 0 Å². The van der Waals surface area contributed by atoms with Crippen LogP contribution in [0.25, 0.3) is 0 Å². The van der Waals surface area contributed by atoms with E-state index in [9.17, 15) is 9.90 Å². The lowest BCUT2D eigenvalue weighted by Gasteiger charge is -2.21. The molecule has 1 aromatic carbocycles. The van der Waals surface area contributed by atoms with Crippen LogP contribution < -0.4 is 0 Å². The number of aromatic hydroxyl groups is 1. The molecule has 2 rings (SSSR count). The Balaban J connectivity index is 1.92. The molecule has 0 radical (unpaired) electrons. The number of carbonyl (C=O) groups excluding carboxylic acids is 1. The molecule has 4 nitrogen and oxygen atoms in total. The Labute approximate surface area is 122 Å². The first-order valence-corrected chi connectivity index (χ1v) is 7.33. The van der Waals surface area contributed by atoms with Crippen LogP contribution in [0.15, 0.2) is 22.7 Å². The number of phenols is 1. The van der Waals surface area contributed by atoms with Crippen LogP contribution in [-0.4, -0.2) is 54.0 Å². The van der Waals surface area contributed by atoms with E-state index in [1.807, 2.05) is 0 Å². The predicted octanol–water partition coefficient (Wildman–Crippen LogP) is 2.32. The Hall–Kier alpha value is -1.07. The fraction of sp³-hybridized carbons (Fsp3) is 0.500. The van der Waals surface area contributed by atoms with Gasteiger partial charge in [0.2, 0.25) is 0 Å². The van der Waals surface area contributed by atoms with E-state index >= 15 is 0 Å². The second-order valence-electron chi connectivity index (χ2n) is 4.94. The lowest BCUT2D eigenvalue weighted by molar-refractivity contribution is 0.0782. The zero-order valence-corrected chi connectivity index (χ0v) is 12.7. The molecule has 1 aromatic rings. The second-order valence-corrected chi connectivity index (χ2v) is 5.80. The van der Waals surface area contributed by atoms with Crippen LogP contribution in [0.4, 0.5) is 0 Å². The van der Waals surface area contributed by atoms with Crippen LogP contribution in [-0.2, 0) is 0 Å². The number of benzene rings is 1. The van der Waals surface area contributed by atoms with Crippen LogP contribution in [0.3, 0.4) is 0 Å². The molecule has 0 unspecified atom stereocenters. The largest absolute Gasteiger partial charge is 0.507 e. The molecule has 0 aliphatic carbocycles. The maximum absolute atomic E-state index is 12.2. The molecule has 0 aromatic heterocycles. The summed E-state index contributed by atoms with van der Waals surface area (Å²) in [7, 11) is 1.80. The van der Waals surface area contributed by atoms with Crippen LogP contribution >= 0.6 is 15.9 Å². The van der Waals surface area contributed by atoms with Crippen molar-refractivity contribution in [2.24, 2.45) is 0 Å². The third-order valence-electron chi connectivity index (χ3n) is 3.49. The summed E-state index contributed by atoms with van der Waals surface area (Å²) in [5.41, 5.74) is 0.518. The zero-order valence-electron chi connectivity index (χ0n) is 11.1. The van der Waals surface area contributed by atoms with Crippen LogP contribution in [0.5, 0.6) is 5.75 Å². The highest BCUT2D eigenvalue weighted by Gasteiger charge is 2.16. The summed E-state index contributed by atoms with van der Waals surface area (Å²) in [5, 5.41) is 9.61. The predicted molar refractivity (Wildman–Crippen MR) is 78.4 cm³/mol. The molecule has 1 fully saturated rings. The Morgan fingerprint density at radius 1 is 1.42 bits per heavy atom. The van der Waals surface area contributed by atoms with Crippen molar-refractivity contribution in [1.82, 2.24) is 9.80 Å². The van der Waals surface area contributed by atoms with Gasteiger partial charge in [-0.05, 0) is 60.1 Å². The molecule has 19 heavy (non-hydrogen) atoms. The SMILES string of the molecule is CN(CCN1CCCC1)C(=O)c1ccc(Br)c(O)c1. The normalized spacial score (nSPS) is 15.7. The number of phenolic OH excluding ortho intramolecular Hbond substituents is 1. The first-order chi connectivity index (χ1) is 9.08. The molecule has 0 atom stereocenters. The molecule has 0 saturated carbocycles. The number of likely N-dealkylation sites (N-methyl/N-ethyl adjacent to an activating group) is 1. The van der Waals surface area contributed by atoms with Gasteiger partial charge in [0, 0.05) is 25.7 Å². The lowest BCUT2D eigenvalue weighted by Crippen LogP contribution is -2.35. The Kier molecular flexibility index (Phi) is 4.82. The standard InChI is InChI=1S/C14H19BrN2O2/c1-16(8-9-17-6-2-3-7-17)14(19)11-4-5-12(15)13(18)10-11/h4-5,10,18H,2-3,6-9H2,1H3. The molecule has 104 valence electrons. The van der Waals surface area contributed by atoms with E-state index in [4.69, 9.17) is 0 Å². The number of carbonyl (C=O) groups is 1. The highest BCUT2D eigenvalue weighted by atomic mass is 79.9. The van der Waals surface area contributed by atoms with E-state index in [0.717, 1.165) is 26.2 Å². The van der Waals surface area contributed by atoms with Crippen molar-refractivity contribution in [3.8, 4) is 5.75 Å². The molecule has 0 bridgehead atoms. The van der Waals surface area contributed by atoms with E-state index in [1.54, 1.807) is 24.1 Å². The first kappa shape index (κ1) is 14.3. The summed E-state index contributed by atoms with van der Waals surface area (Å²) in [5.74, 6) is 0.0424. The van der Waals surface area contributed by atoms with Gasteiger partial charge in [-0.2, -0.15) is 0 Å². The topological polar surface area (TPSA) is 43.8 Å². The van der Waals surface area contributed by atoms with E-state index in [1.165, 1.54) is 18.9 Å². The summed E-state index contributed by atoms with van der Waals surface area (Å²) in [6.07, 6.45) is 2.52. The molecule has 5 heteroatoms. The minimum atomic E-state index is -0.0537. The highest BCUT2D eigenvalue weighted by Crippen LogP contribution is 2.24. The van der Waals surface area contributed by atoms with Crippen LogP contribution in [0.2, 0.25) is 0 Å². The number of rotatable bonds is 4. The molecule has 1 heterocycles. The van der Waals surface area contributed by atoms with E-state index in [0.29, 0.717) is 10.0 Å². The van der Waals surface area contributed by atoms with Crippen molar-refractivity contribution in [3.05, 3.63) is 28.2 Å². The van der Waals surface area contributed by atoms with E-state index in [2.05, 4.69) is 20.8 Å². The number of nitrogens with zero attached hydrogens (tertiary/aromatic N) is 2. The van der Waals surface area contributed by atoms with Crippen LogP contribution in [0, 0.1) is 0 Å². The van der Waals surface area contributed by atoms with E-state index in [-0.39, 0.29) is 11.7 Å². The molecule has 1 saturated heterocycles. The van der Waals surface area contributed by atoms with Gasteiger partial charge in [0.15, 0.2) is 0 Å². The van der Waals surface area contributed by atoms with Gasteiger partial charge in [0.05, 0.1) is 4.47 Å². The van der Waals surface area contributed by atoms with Gasteiger partial charge in [-0.15, -0.1) is 0 Å². The summed E-state index contributed by atoms with van der Waals surface area (Å²) in [6, 6.07) is 4.91. The molecular weight excluding hydrogens is 308 g/mol. The number of amides is 1. The van der Waals surface area contributed by atoms with Crippen molar-refractivity contribution >= 4 is 21.8 Å². The van der Waals surface area contributed by atoms with Gasteiger partial charge in [0.1, 0.15) is 5.75 Å². The van der Waals surface area contributed by atoms with Crippen LogP contribution in [0.1, 0.15) is 23.2 Å². The van der Waals surface area contributed by atoms with Crippen molar-refractivity contribution < 1.29 is 9.90 Å². The van der Waals surface area contributed by atoms with Crippen molar-refractivity contribution in [2.45, 2.75) is 12.8 Å². The quantitative estimate of drug-likeness (QED) is 0.923. The Morgan fingerprint density at radius 2 is 2.11 bits per heavy atom. The van der Waals surface area contributed by atoms with Gasteiger partial charge < -0.3 is 14.9 Å². The third-order valence-corrected chi connectivity index (χ3v) is 4.16. The molecule has 1 aliphatic heterocycles. The molecule has 1 N–H and O–H groups in total. The highest BCUT2D eigenvalue weighted by molar-refractivity contribution is 9.10.